The highest BCUT2D eigenvalue weighted by Gasteiger charge is 2.39. The van der Waals surface area contributed by atoms with Gasteiger partial charge in [-0.05, 0) is 48.9 Å². The first-order valence-electron chi connectivity index (χ1n) is 10.1. The zero-order chi connectivity index (χ0) is 26.2. The van der Waals surface area contributed by atoms with Crippen molar-refractivity contribution in [3.05, 3.63) is 76.4 Å². The zero-order valence-electron chi connectivity index (χ0n) is 18.2. The van der Waals surface area contributed by atoms with Gasteiger partial charge in [-0.3, -0.25) is 19.7 Å². The number of imide groups is 1. The summed E-state index contributed by atoms with van der Waals surface area (Å²) in [6.07, 6.45) is -3.40. The van der Waals surface area contributed by atoms with Crippen molar-refractivity contribution in [1.82, 2.24) is 15.2 Å². The van der Waals surface area contributed by atoms with Gasteiger partial charge in [-0.15, -0.1) is 0 Å². The number of halogens is 4. The summed E-state index contributed by atoms with van der Waals surface area (Å²) in [5.74, 6) is -2.94. The summed E-state index contributed by atoms with van der Waals surface area (Å²) >= 11 is 6.45. The van der Waals surface area contributed by atoms with E-state index in [1.807, 2.05) is 25.1 Å². The number of nitrogens with zero attached hydrogens (tertiary/aromatic N) is 3. The predicted molar refractivity (Wildman–Crippen MR) is 125 cm³/mol. The molecule has 0 saturated heterocycles. The van der Waals surface area contributed by atoms with Crippen LogP contribution in [0.4, 0.5) is 30.4 Å². The second kappa shape index (κ2) is 9.30. The highest BCUT2D eigenvalue weighted by atomic mass is 35.5. The molecule has 4 aromatic rings. The lowest BCUT2D eigenvalue weighted by Crippen LogP contribution is -2.29. The number of amides is 2. The molecule has 3 N–H and O–H groups in total. The van der Waals surface area contributed by atoms with Gasteiger partial charge in [-0.1, -0.05) is 23.7 Å². The van der Waals surface area contributed by atoms with Crippen molar-refractivity contribution in [2.45, 2.75) is 13.1 Å². The number of aryl methyl sites for hydroxylation is 1. The molecule has 0 bridgehead atoms. The summed E-state index contributed by atoms with van der Waals surface area (Å²) in [4.78, 5) is 40.0. The minimum Gasteiger partial charge on any atom is -0.475 e. The SMILES string of the molecule is Cc1cccc2c1C(=O)N(c1ccc(Nc3n[nH]c4cccnc34)cc1Cl)C2=O.O=C(O)C(F)(F)F. The molecule has 0 unspecified atom stereocenters. The molecule has 0 fully saturated rings. The molecule has 5 rings (SSSR count). The zero-order valence-corrected chi connectivity index (χ0v) is 19.0. The maximum atomic E-state index is 12.9. The third kappa shape index (κ3) is 4.58. The average Bonchev–Trinajstić information content (AvgIpc) is 3.33. The maximum absolute atomic E-state index is 12.9. The van der Waals surface area contributed by atoms with Gasteiger partial charge in [0.25, 0.3) is 11.8 Å². The molecule has 0 saturated carbocycles. The van der Waals surface area contributed by atoms with Gasteiger partial charge in [-0.2, -0.15) is 18.3 Å². The number of anilines is 3. The van der Waals surface area contributed by atoms with Gasteiger partial charge in [0.15, 0.2) is 5.82 Å². The Morgan fingerprint density at radius 3 is 2.47 bits per heavy atom. The van der Waals surface area contributed by atoms with Gasteiger partial charge in [-0.25, -0.2) is 9.69 Å². The molecule has 3 heterocycles. The van der Waals surface area contributed by atoms with Crippen LogP contribution >= 0.6 is 11.6 Å². The van der Waals surface area contributed by atoms with Crippen LogP contribution in [-0.4, -0.2) is 44.2 Å². The van der Waals surface area contributed by atoms with Gasteiger partial charge in [0.2, 0.25) is 0 Å². The summed E-state index contributed by atoms with van der Waals surface area (Å²) in [6.45, 7) is 1.81. The van der Waals surface area contributed by atoms with E-state index in [0.29, 0.717) is 33.8 Å². The van der Waals surface area contributed by atoms with E-state index in [4.69, 9.17) is 21.5 Å². The Morgan fingerprint density at radius 2 is 1.83 bits per heavy atom. The maximum Gasteiger partial charge on any atom is 0.490 e. The van der Waals surface area contributed by atoms with Crippen LogP contribution in [0.3, 0.4) is 0 Å². The summed E-state index contributed by atoms with van der Waals surface area (Å²) in [5.41, 5.74) is 4.07. The minimum atomic E-state index is -5.08. The third-order valence-corrected chi connectivity index (χ3v) is 5.44. The largest absolute Gasteiger partial charge is 0.490 e. The van der Waals surface area contributed by atoms with E-state index in [9.17, 15) is 22.8 Å². The smallest absolute Gasteiger partial charge is 0.475 e. The lowest BCUT2D eigenvalue weighted by atomic mass is 10.0. The van der Waals surface area contributed by atoms with Crippen molar-refractivity contribution in [3.63, 3.8) is 0 Å². The van der Waals surface area contributed by atoms with Crippen LogP contribution < -0.4 is 10.2 Å². The predicted octanol–water partition coefficient (Wildman–Crippen LogP) is 5.10. The Balaban J connectivity index is 0.000000384. The number of carbonyl (C=O) groups excluding carboxylic acids is 2. The van der Waals surface area contributed by atoms with E-state index in [0.717, 1.165) is 16.0 Å². The Morgan fingerprint density at radius 1 is 1.11 bits per heavy atom. The summed E-state index contributed by atoms with van der Waals surface area (Å²) < 4.78 is 31.7. The summed E-state index contributed by atoms with van der Waals surface area (Å²) in [5, 5.41) is 17.7. The molecule has 184 valence electrons. The molecule has 0 radical (unpaired) electrons. The number of carboxylic acids is 1. The van der Waals surface area contributed by atoms with Gasteiger partial charge in [0, 0.05) is 11.9 Å². The number of rotatable bonds is 3. The fourth-order valence-electron chi connectivity index (χ4n) is 3.52. The second-order valence-electron chi connectivity index (χ2n) is 7.51. The Hall–Kier alpha value is -4.45. The van der Waals surface area contributed by atoms with Gasteiger partial charge in [0.1, 0.15) is 5.52 Å². The van der Waals surface area contributed by atoms with Crippen LogP contribution in [0.5, 0.6) is 0 Å². The van der Waals surface area contributed by atoms with Crippen molar-refractivity contribution in [1.29, 1.82) is 0 Å². The standard InChI is InChI=1S/C21H14ClN5O2.C2HF3O2/c1-11-4-2-5-13-17(11)21(29)27(20(13)28)16-8-7-12(10-14(16)22)24-19-18-15(25-26-19)6-3-9-23-18;3-2(4,5)1(6)7/h2-10H,1H3,(H2,24,25,26);(H,6,7). The molecule has 0 spiro atoms. The molecule has 0 aliphatic carbocycles. The topological polar surface area (TPSA) is 128 Å². The van der Waals surface area contributed by atoms with Crippen molar-refractivity contribution < 1.29 is 32.7 Å². The van der Waals surface area contributed by atoms with Crippen LogP contribution in [0.2, 0.25) is 5.02 Å². The molecular formula is C23H15ClF3N5O4. The molecule has 0 atom stereocenters. The number of benzene rings is 2. The van der Waals surface area contributed by atoms with E-state index in [-0.39, 0.29) is 16.8 Å². The van der Waals surface area contributed by atoms with Crippen molar-refractivity contribution in [2.24, 2.45) is 0 Å². The number of carbonyl (C=O) groups is 3. The number of aromatic amines is 1. The van der Waals surface area contributed by atoms with Crippen molar-refractivity contribution >= 4 is 57.6 Å². The van der Waals surface area contributed by atoms with Crippen molar-refractivity contribution in [2.75, 3.05) is 10.2 Å². The number of carboxylic acid groups (broad SMARTS) is 1. The lowest BCUT2D eigenvalue weighted by molar-refractivity contribution is -0.192. The molecule has 1 aliphatic heterocycles. The van der Waals surface area contributed by atoms with E-state index < -0.39 is 12.1 Å². The van der Waals surface area contributed by atoms with E-state index in [2.05, 4.69) is 20.5 Å². The summed E-state index contributed by atoms with van der Waals surface area (Å²) in [7, 11) is 0. The first-order valence-corrected chi connectivity index (χ1v) is 10.5. The number of aliphatic carboxylic acids is 1. The molecular weight excluding hydrogens is 503 g/mol. The van der Waals surface area contributed by atoms with E-state index in [1.54, 1.807) is 36.5 Å². The van der Waals surface area contributed by atoms with Crippen LogP contribution in [0.1, 0.15) is 26.3 Å². The van der Waals surface area contributed by atoms with Crippen LogP contribution in [0, 0.1) is 6.92 Å². The molecule has 13 heteroatoms. The van der Waals surface area contributed by atoms with Crippen LogP contribution in [0.15, 0.2) is 54.7 Å². The normalized spacial score (nSPS) is 12.9. The minimum absolute atomic E-state index is 0.273. The van der Waals surface area contributed by atoms with Gasteiger partial charge in [0.05, 0.1) is 27.4 Å². The lowest BCUT2D eigenvalue weighted by Gasteiger charge is -2.16. The monoisotopic (exact) mass is 517 g/mol. The Bertz CT molecular complexity index is 1520. The first-order chi connectivity index (χ1) is 17.0. The molecule has 2 amide bonds. The number of H-pyrrole nitrogens is 1. The number of aromatic nitrogens is 3. The number of nitrogens with one attached hydrogen (secondary N) is 2. The number of fused-ring (bicyclic) bond motifs is 2. The fourth-order valence-corrected chi connectivity index (χ4v) is 3.78. The highest BCUT2D eigenvalue weighted by Crippen LogP contribution is 2.36. The number of pyridine rings is 1. The highest BCUT2D eigenvalue weighted by molar-refractivity contribution is 6.40. The fraction of sp³-hybridized carbons (Fsp3) is 0.0870. The molecule has 2 aromatic heterocycles. The van der Waals surface area contributed by atoms with Crippen LogP contribution in [0.25, 0.3) is 11.0 Å². The number of hydrogen-bond donors (Lipinski definition) is 3. The molecule has 1 aliphatic rings. The van der Waals surface area contributed by atoms with E-state index in [1.165, 1.54) is 0 Å². The first kappa shape index (κ1) is 24.7. The Labute approximate surface area is 205 Å². The summed E-state index contributed by atoms with van der Waals surface area (Å²) in [6, 6.07) is 14.0. The molecule has 36 heavy (non-hydrogen) atoms. The van der Waals surface area contributed by atoms with Crippen LogP contribution in [-0.2, 0) is 4.79 Å². The Kier molecular flexibility index (Phi) is 6.37. The van der Waals surface area contributed by atoms with Crippen molar-refractivity contribution in [3.8, 4) is 0 Å². The number of hydrogen-bond acceptors (Lipinski definition) is 6. The number of alkyl halides is 3. The van der Waals surface area contributed by atoms with E-state index >= 15 is 0 Å². The molecule has 9 nitrogen and oxygen atoms in total. The quantitative estimate of drug-likeness (QED) is 0.323. The third-order valence-electron chi connectivity index (χ3n) is 5.14. The average molecular weight is 518 g/mol. The second-order valence-corrected chi connectivity index (χ2v) is 7.92. The van der Waals surface area contributed by atoms with Gasteiger partial charge >= 0.3 is 12.1 Å². The molecule has 2 aromatic carbocycles. The van der Waals surface area contributed by atoms with Gasteiger partial charge < -0.3 is 10.4 Å².